The summed E-state index contributed by atoms with van der Waals surface area (Å²) in [6, 6.07) is 6.76. The number of nitrogens with zero attached hydrogens (tertiary/aromatic N) is 2. The van der Waals surface area contributed by atoms with Gasteiger partial charge >= 0.3 is 5.97 Å². The highest BCUT2D eigenvalue weighted by Crippen LogP contribution is 2.53. The van der Waals surface area contributed by atoms with Crippen LogP contribution in [0.1, 0.15) is 24.8 Å². The van der Waals surface area contributed by atoms with Crippen LogP contribution in [0.15, 0.2) is 29.2 Å². The lowest BCUT2D eigenvalue weighted by Gasteiger charge is -2.37. The number of amides is 1. The van der Waals surface area contributed by atoms with Gasteiger partial charge in [-0.3, -0.25) is 9.59 Å². The van der Waals surface area contributed by atoms with Gasteiger partial charge in [-0.15, -0.1) is 0 Å². The predicted octanol–water partition coefficient (Wildman–Crippen LogP) is 1.57. The molecule has 1 saturated heterocycles. The van der Waals surface area contributed by atoms with Gasteiger partial charge in [0.1, 0.15) is 0 Å². The molecule has 0 aromatic heterocycles. The highest BCUT2D eigenvalue weighted by molar-refractivity contribution is 7.89. The molecule has 0 unspecified atom stereocenters. The van der Waals surface area contributed by atoms with E-state index in [-0.39, 0.29) is 35.7 Å². The highest BCUT2D eigenvalue weighted by atomic mass is 32.2. The Morgan fingerprint density at radius 2 is 1.54 bits per heavy atom. The van der Waals surface area contributed by atoms with Crippen LogP contribution in [0, 0.1) is 30.6 Å². The predicted molar refractivity (Wildman–Crippen MR) is 102 cm³/mol. The Bertz CT molecular complexity index is 874. The molecular weight excluding hydrogens is 380 g/mol. The minimum absolute atomic E-state index is 0.105. The van der Waals surface area contributed by atoms with Crippen molar-refractivity contribution >= 4 is 21.9 Å². The normalized spacial score (nSPS) is 30.5. The number of sulfonamides is 1. The van der Waals surface area contributed by atoms with Crippen molar-refractivity contribution in [3.05, 3.63) is 29.8 Å². The standard InChI is InChI=1S/C20H26N2O5S/c1-13-2-6-16(7-3-13)28(26,27)22-10-8-21(9-11-22)19(23)17-14-4-5-15(12-14)18(17)20(24)25/h2-3,6-7,14-15,17-18H,4-5,8-12H2,1H3,(H,24,25)/t14-,15-,17+,18+/m0/s1. The number of carboxylic acids is 1. The maximum absolute atomic E-state index is 13.1. The van der Waals surface area contributed by atoms with Crippen LogP contribution >= 0.6 is 0 Å². The van der Waals surface area contributed by atoms with Crippen molar-refractivity contribution in [1.82, 2.24) is 9.21 Å². The van der Waals surface area contributed by atoms with E-state index in [2.05, 4.69) is 0 Å². The van der Waals surface area contributed by atoms with Gasteiger partial charge in [0.05, 0.1) is 16.7 Å². The largest absolute Gasteiger partial charge is 0.481 e. The Morgan fingerprint density at radius 1 is 0.964 bits per heavy atom. The van der Waals surface area contributed by atoms with Crippen molar-refractivity contribution in [1.29, 1.82) is 0 Å². The van der Waals surface area contributed by atoms with Crippen LogP contribution in [0.5, 0.6) is 0 Å². The molecule has 2 aliphatic carbocycles. The van der Waals surface area contributed by atoms with Crippen LogP contribution in [-0.4, -0.2) is 60.8 Å². The maximum atomic E-state index is 13.1. The summed E-state index contributed by atoms with van der Waals surface area (Å²) < 4.78 is 27.1. The fourth-order valence-corrected chi connectivity index (χ4v) is 6.64. The number of rotatable bonds is 4. The van der Waals surface area contributed by atoms with Gasteiger partial charge in [-0.2, -0.15) is 4.31 Å². The summed E-state index contributed by atoms with van der Waals surface area (Å²) in [5.41, 5.74) is 0.994. The molecule has 1 N–H and O–H groups in total. The summed E-state index contributed by atoms with van der Waals surface area (Å²) in [6.07, 6.45) is 2.65. The van der Waals surface area contributed by atoms with Gasteiger partial charge in [0.2, 0.25) is 15.9 Å². The molecule has 1 aromatic rings. The number of hydrogen-bond donors (Lipinski definition) is 1. The van der Waals surface area contributed by atoms with E-state index in [1.165, 1.54) is 4.31 Å². The molecule has 7 nitrogen and oxygen atoms in total. The molecule has 1 heterocycles. The minimum Gasteiger partial charge on any atom is -0.481 e. The van der Waals surface area contributed by atoms with Crippen LogP contribution in [0.2, 0.25) is 0 Å². The molecule has 0 radical (unpaired) electrons. The molecule has 2 bridgehead atoms. The highest BCUT2D eigenvalue weighted by Gasteiger charge is 2.55. The molecule has 1 aliphatic heterocycles. The number of carboxylic acid groups (broad SMARTS) is 1. The molecule has 152 valence electrons. The van der Waals surface area contributed by atoms with E-state index in [0.717, 1.165) is 24.8 Å². The van der Waals surface area contributed by atoms with Crippen LogP contribution in [0.3, 0.4) is 0 Å². The van der Waals surface area contributed by atoms with Crippen molar-refractivity contribution in [3.63, 3.8) is 0 Å². The summed E-state index contributed by atoms with van der Waals surface area (Å²) in [7, 11) is -3.58. The summed E-state index contributed by atoms with van der Waals surface area (Å²) in [4.78, 5) is 26.7. The Hall–Kier alpha value is -1.93. The zero-order valence-corrected chi connectivity index (χ0v) is 16.8. The van der Waals surface area contributed by atoms with E-state index in [1.807, 2.05) is 6.92 Å². The molecule has 4 atom stereocenters. The second kappa shape index (κ2) is 7.15. The fraction of sp³-hybridized carbons (Fsp3) is 0.600. The number of aliphatic carboxylic acids is 1. The lowest BCUT2D eigenvalue weighted by molar-refractivity contribution is -0.153. The van der Waals surface area contributed by atoms with Crippen LogP contribution in [0.4, 0.5) is 0 Å². The van der Waals surface area contributed by atoms with Crippen LogP contribution < -0.4 is 0 Å². The van der Waals surface area contributed by atoms with E-state index in [4.69, 9.17) is 0 Å². The molecule has 28 heavy (non-hydrogen) atoms. The number of aryl methyl sites for hydroxylation is 1. The van der Waals surface area contributed by atoms with Crippen LogP contribution in [0.25, 0.3) is 0 Å². The third-order valence-corrected chi connectivity index (χ3v) is 8.61. The molecule has 1 amide bonds. The van der Waals surface area contributed by atoms with E-state index in [0.29, 0.717) is 13.1 Å². The molecular formula is C20H26N2O5S. The van der Waals surface area contributed by atoms with Crippen LogP contribution in [-0.2, 0) is 19.6 Å². The molecule has 8 heteroatoms. The quantitative estimate of drug-likeness (QED) is 0.819. The Morgan fingerprint density at radius 3 is 2.11 bits per heavy atom. The number of carbonyl (C=O) groups is 2. The fourth-order valence-electron chi connectivity index (χ4n) is 5.22. The van der Waals surface area contributed by atoms with Gasteiger partial charge in [0, 0.05) is 26.2 Å². The van der Waals surface area contributed by atoms with Gasteiger partial charge in [0.25, 0.3) is 0 Å². The third-order valence-electron chi connectivity index (χ3n) is 6.70. The van der Waals surface area contributed by atoms with Crippen molar-refractivity contribution < 1.29 is 23.1 Å². The monoisotopic (exact) mass is 406 g/mol. The lowest BCUT2D eigenvalue weighted by Crippen LogP contribution is -2.53. The second-order valence-electron chi connectivity index (χ2n) is 8.27. The number of benzene rings is 1. The summed E-state index contributed by atoms with van der Waals surface area (Å²) in [5.74, 6) is -1.73. The molecule has 2 saturated carbocycles. The van der Waals surface area contributed by atoms with Crippen molar-refractivity contribution in [2.24, 2.45) is 23.7 Å². The summed E-state index contributed by atoms with van der Waals surface area (Å²) in [6.45, 7) is 3.00. The first-order valence-corrected chi connectivity index (χ1v) is 11.3. The van der Waals surface area contributed by atoms with Gasteiger partial charge in [-0.25, -0.2) is 8.42 Å². The number of fused-ring (bicyclic) bond motifs is 2. The van der Waals surface area contributed by atoms with Gasteiger partial charge in [-0.05, 0) is 50.2 Å². The molecule has 0 spiro atoms. The first-order valence-electron chi connectivity index (χ1n) is 9.87. The first kappa shape index (κ1) is 19.4. The second-order valence-corrected chi connectivity index (χ2v) is 10.2. The molecule has 1 aromatic carbocycles. The van der Waals surface area contributed by atoms with Gasteiger partial charge < -0.3 is 10.0 Å². The molecule has 3 aliphatic rings. The van der Waals surface area contributed by atoms with E-state index in [1.54, 1.807) is 29.2 Å². The van der Waals surface area contributed by atoms with Gasteiger partial charge in [0.15, 0.2) is 0 Å². The zero-order chi connectivity index (χ0) is 20.1. The average molecular weight is 407 g/mol. The SMILES string of the molecule is Cc1ccc(S(=O)(=O)N2CCN(C(=O)[C@@H]3[C@H]4CC[C@@H](C4)[C@H]3C(=O)O)CC2)cc1. The topological polar surface area (TPSA) is 95.0 Å². The Kier molecular flexibility index (Phi) is 4.95. The molecule has 3 fully saturated rings. The number of hydrogen-bond acceptors (Lipinski definition) is 4. The van der Waals surface area contributed by atoms with Crippen molar-refractivity contribution in [3.8, 4) is 0 Å². The number of piperazine rings is 1. The first-order chi connectivity index (χ1) is 13.3. The Balaban J connectivity index is 1.43. The van der Waals surface area contributed by atoms with E-state index >= 15 is 0 Å². The molecule has 4 rings (SSSR count). The Labute approximate surface area is 165 Å². The van der Waals surface area contributed by atoms with Crippen molar-refractivity contribution in [2.75, 3.05) is 26.2 Å². The van der Waals surface area contributed by atoms with Gasteiger partial charge in [-0.1, -0.05) is 17.7 Å². The third kappa shape index (κ3) is 3.22. The van der Waals surface area contributed by atoms with E-state index < -0.39 is 27.8 Å². The average Bonchev–Trinajstić information content (AvgIpc) is 3.29. The number of carbonyl (C=O) groups excluding carboxylic acids is 1. The summed E-state index contributed by atoms with van der Waals surface area (Å²) in [5, 5.41) is 9.59. The van der Waals surface area contributed by atoms with Crippen molar-refractivity contribution in [2.45, 2.75) is 31.1 Å². The maximum Gasteiger partial charge on any atom is 0.307 e. The van der Waals surface area contributed by atoms with E-state index in [9.17, 15) is 23.1 Å². The summed E-state index contributed by atoms with van der Waals surface area (Å²) >= 11 is 0. The minimum atomic E-state index is -3.58. The lowest BCUT2D eigenvalue weighted by atomic mass is 9.78. The zero-order valence-electron chi connectivity index (χ0n) is 16.0. The smallest absolute Gasteiger partial charge is 0.307 e.